The molecule has 1 saturated heterocycles. The highest BCUT2D eigenvalue weighted by atomic mass is 35.5. The summed E-state index contributed by atoms with van der Waals surface area (Å²) in [5.74, 6) is -2.31. The minimum absolute atomic E-state index is 0.0642. The first-order valence-electron chi connectivity index (χ1n) is 9.80. The van der Waals surface area contributed by atoms with Crippen molar-refractivity contribution in [2.24, 2.45) is 0 Å². The van der Waals surface area contributed by atoms with Gasteiger partial charge in [0.05, 0.1) is 10.7 Å². The molecule has 4 amide bonds. The van der Waals surface area contributed by atoms with Crippen molar-refractivity contribution in [3.63, 3.8) is 0 Å². The van der Waals surface area contributed by atoms with Crippen LogP contribution in [0.5, 0.6) is 11.5 Å². The predicted molar refractivity (Wildman–Crippen MR) is 124 cm³/mol. The molecule has 0 aliphatic carbocycles. The van der Waals surface area contributed by atoms with Gasteiger partial charge in [-0.1, -0.05) is 41.4 Å². The number of nitrogens with one attached hydrogen (secondary N) is 1. The van der Waals surface area contributed by atoms with Gasteiger partial charge in [-0.3, -0.25) is 14.9 Å². The van der Waals surface area contributed by atoms with Crippen molar-refractivity contribution in [1.29, 1.82) is 0 Å². The van der Waals surface area contributed by atoms with Crippen molar-refractivity contribution in [2.75, 3.05) is 4.90 Å². The Morgan fingerprint density at radius 3 is 2.44 bits per heavy atom. The SMILES string of the molecule is O=C1NC(=O)N(c2ccc(O)cc2)C(=O)/C1=C/c1cc(Cl)cc(Cl)c1OCc1ccccc1F. The molecule has 4 rings (SSSR count). The number of carbonyl (C=O) groups excluding carboxylic acids is 3. The topological polar surface area (TPSA) is 95.9 Å². The van der Waals surface area contributed by atoms with Crippen LogP contribution in [0.3, 0.4) is 0 Å². The van der Waals surface area contributed by atoms with Crippen molar-refractivity contribution in [1.82, 2.24) is 5.32 Å². The molecule has 0 radical (unpaired) electrons. The molecule has 0 saturated carbocycles. The lowest BCUT2D eigenvalue weighted by Gasteiger charge is -2.26. The number of halogens is 3. The number of carbonyl (C=O) groups is 3. The molecule has 1 aliphatic rings. The van der Waals surface area contributed by atoms with Crippen molar-refractivity contribution < 1.29 is 28.6 Å². The summed E-state index contributed by atoms with van der Waals surface area (Å²) in [5.41, 5.74) is 0.190. The summed E-state index contributed by atoms with van der Waals surface area (Å²) in [4.78, 5) is 38.7. The fourth-order valence-electron chi connectivity index (χ4n) is 3.25. The monoisotopic (exact) mass is 500 g/mol. The lowest BCUT2D eigenvalue weighted by atomic mass is 10.1. The first-order valence-corrected chi connectivity index (χ1v) is 10.6. The van der Waals surface area contributed by atoms with Crippen LogP contribution in [0, 0.1) is 5.82 Å². The molecule has 3 aromatic carbocycles. The molecule has 34 heavy (non-hydrogen) atoms. The fraction of sp³-hybridized carbons (Fsp3) is 0.0417. The van der Waals surface area contributed by atoms with Gasteiger partial charge in [-0.25, -0.2) is 14.1 Å². The summed E-state index contributed by atoms with van der Waals surface area (Å²) in [6.07, 6.45) is 1.19. The second-order valence-corrected chi connectivity index (χ2v) is 8.00. The van der Waals surface area contributed by atoms with Gasteiger partial charge in [0.25, 0.3) is 11.8 Å². The van der Waals surface area contributed by atoms with Gasteiger partial charge in [0.1, 0.15) is 29.5 Å². The molecule has 1 aliphatic heterocycles. The molecule has 1 fully saturated rings. The Balaban J connectivity index is 1.72. The van der Waals surface area contributed by atoms with Crippen LogP contribution in [0.2, 0.25) is 10.0 Å². The van der Waals surface area contributed by atoms with Crippen LogP contribution in [0.25, 0.3) is 6.08 Å². The van der Waals surface area contributed by atoms with Gasteiger partial charge in [0.15, 0.2) is 0 Å². The molecule has 0 atom stereocenters. The van der Waals surface area contributed by atoms with Gasteiger partial charge in [-0.15, -0.1) is 0 Å². The molecule has 0 spiro atoms. The number of hydrogen-bond acceptors (Lipinski definition) is 5. The van der Waals surface area contributed by atoms with Crippen molar-refractivity contribution >= 4 is 52.8 Å². The summed E-state index contributed by atoms with van der Waals surface area (Å²) in [6, 6.07) is 13.2. The Morgan fingerprint density at radius 2 is 1.74 bits per heavy atom. The number of hydrogen-bond donors (Lipinski definition) is 2. The number of phenolic OH excluding ortho intramolecular Hbond substituents is 1. The summed E-state index contributed by atoms with van der Waals surface area (Å²) in [7, 11) is 0. The molecule has 172 valence electrons. The van der Waals surface area contributed by atoms with Crippen molar-refractivity contribution in [3.05, 3.63) is 93.2 Å². The fourth-order valence-corrected chi connectivity index (χ4v) is 3.82. The van der Waals surface area contributed by atoms with E-state index in [9.17, 15) is 23.9 Å². The molecule has 7 nitrogen and oxygen atoms in total. The number of aromatic hydroxyl groups is 1. The predicted octanol–water partition coefficient (Wildman–Crippen LogP) is 5.08. The highest BCUT2D eigenvalue weighted by Crippen LogP contribution is 2.35. The number of ether oxygens (including phenoxy) is 1. The van der Waals surface area contributed by atoms with Crippen LogP contribution in [0.4, 0.5) is 14.9 Å². The number of rotatable bonds is 5. The Kier molecular flexibility index (Phi) is 6.54. The Morgan fingerprint density at radius 1 is 1.03 bits per heavy atom. The zero-order valence-electron chi connectivity index (χ0n) is 17.2. The third kappa shape index (κ3) is 4.73. The number of nitrogens with zero attached hydrogens (tertiary/aromatic N) is 1. The molecule has 0 unspecified atom stereocenters. The zero-order chi connectivity index (χ0) is 24.4. The van der Waals surface area contributed by atoms with E-state index in [4.69, 9.17) is 27.9 Å². The highest BCUT2D eigenvalue weighted by Gasteiger charge is 2.37. The number of benzene rings is 3. The van der Waals surface area contributed by atoms with E-state index in [0.717, 1.165) is 4.90 Å². The van der Waals surface area contributed by atoms with Gasteiger partial charge in [-0.2, -0.15) is 0 Å². The first-order chi connectivity index (χ1) is 16.2. The molecule has 3 aromatic rings. The molecule has 1 heterocycles. The van der Waals surface area contributed by atoms with Crippen molar-refractivity contribution in [2.45, 2.75) is 6.61 Å². The van der Waals surface area contributed by atoms with Crippen LogP contribution in [-0.2, 0) is 16.2 Å². The number of barbiturate groups is 1. The lowest BCUT2D eigenvalue weighted by molar-refractivity contribution is -0.122. The number of imide groups is 2. The summed E-state index contributed by atoms with van der Waals surface area (Å²) in [6.45, 7) is -0.178. The summed E-state index contributed by atoms with van der Waals surface area (Å²) < 4.78 is 19.7. The van der Waals surface area contributed by atoms with Gasteiger partial charge in [-0.05, 0) is 48.5 Å². The second kappa shape index (κ2) is 9.54. The van der Waals surface area contributed by atoms with E-state index in [-0.39, 0.29) is 50.5 Å². The minimum atomic E-state index is -0.946. The van der Waals surface area contributed by atoms with Gasteiger partial charge in [0.2, 0.25) is 0 Å². The zero-order valence-corrected chi connectivity index (χ0v) is 18.7. The van der Waals surface area contributed by atoms with E-state index in [1.54, 1.807) is 12.1 Å². The minimum Gasteiger partial charge on any atom is -0.508 e. The molecule has 2 N–H and O–H groups in total. The standard InChI is InChI=1S/C24H15Cl2FN2O5/c25-15-9-14(21(19(26)11-15)34-12-13-3-1-2-4-20(13)27)10-18-22(31)28-24(33)29(23(18)32)16-5-7-17(30)8-6-16/h1-11,30H,12H2,(H,28,31,33)/b18-10+. The average Bonchev–Trinajstić information content (AvgIpc) is 2.78. The van der Waals surface area contributed by atoms with Crippen molar-refractivity contribution in [3.8, 4) is 11.5 Å². The van der Waals surface area contributed by atoms with E-state index in [2.05, 4.69) is 5.32 Å². The molecule has 0 bridgehead atoms. The van der Waals surface area contributed by atoms with Gasteiger partial charge >= 0.3 is 6.03 Å². The number of phenols is 1. The van der Waals surface area contributed by atoms with Gasteiger partial charge in [0, 0.05) is 16.1 Å². The van der Waals surface area contributed by atoms with Crippen LogP contribution in [0.15, 0.2) is 66.2 Å². The van der Waals surface area contributed by atoms with Crippen LogP contribution in [-0.4, -0.2) is 23.0 Å². The second-order valence-electron chi connectivity index (χ2n) is 7.16. The Labute approximate surface area is 203 Å². The van der Waals surface area contributed by atoms with Crippen LogP contribution in [0.1, 0.15) is 11.1 Å². The molecular formula is C24H15Cl2FN2O5. The average molecular weight is 501 g/mol. The maximum atomic E-state index is 14.0. The molecule has 10 heteroatoms. The van der Waals surface area contributed by atoms with Crippen LogP contribution >= 0.6 is 23.2 Å². The van der Waals surface area contributed by atoms with E-state index >= 15 is 0 Å². The molecular weight excluding hydrogens is 486 g/mol. The highest BCUT2D eigenvalue weighted by molar-refractivity contribution is 6.40. The summed E-state index contributed by atoms with van der Waals surface area (Å²) >= 11 is 12.4. The van der Waals surface area contributed by atoms with Crippen LogP contribution < -0.4 is 15.0 Å². The largest absolute Gasteiger partial charge is 0.508 e. The Hall–Kier alpha value is -3.88. The Bertz CT molecular complexity index is 1340. The van der Waals surface area contributed by atoms with E-state index < -0.39 is 23.7 Å². The van der Waals surface area contributed by atoms with Gasteiger partial charge < -0.3 is 9.84 Å². The first kappa shape index (κ1) is 23.3. The lowest BCUT2D eigenvalue weighted by Crippen LogP contribution is -2.54. The normalized spacial score (nSPS) is 15.0. The number of amides is 4. The van der Waals surface area contributed by atoms with E-state index in [1.165, 1.54) is 54.6 Å². The third-order valence-corrected chi connectivity index (χ3v) is 5.38. The maximum absolute atomic E-state index is 14.0. The maximum Gasteiger partial charge on any atom is 0.335 e. The van der Waals surface area contributed by atoms with E-state index in [1.807, 2.05) is 0 Å². The van der Waals surface area contributed by atoms with E-state index in [0.29, 0.717) is 0 Å². The smallest absolute Gasteiger partial charge is 0.335 e. The number of urea groups is 1. The summed E-state index contributed by atoms with van der Waals surface area (Å²) in [5, 5.41) is 11.8. The molecule has 0 aromatic heterocycles. The quantitative estimate of drug-likeness (QED) is 0.376. The third-order valence-electron chi connectivity index (χ3n) is 4.88. The number of anilines is 1.